The monoisotopic (exact) mass is 381 g/mol. The average Bonchev–Trinajstić information content (AvgIpc) is 2.59. The maximum atomic E-state index is 12.7. The molecule has 0 atom stereocenters. The normalized spacial score (nSPS) is 10.2. The lowest BCUT2D eigenvalue weighted by Gasteiger charge is -2.13. The SMILES string of the molecule is Cc1ccccc1Nc1ncccc1C(=O)Nc1ccccc1Br. The topological polar surface area (TPSA) is 54.0 Å². The quantitative estimate of drug-likeness (QED) is 0.656. The van der Waals surface area contributed by atoms with Gasteiger partial charge >= 0.3 is 0 Å². The number of amides is 1. The number of aryl methyl sites for hydroxylation is 1. The fourth-order valence-electron chi connectivity index (χ4n) is 2.28. The van der Waals surface area contributed by atoms with Crippen LogP contribution in [0.2, 0.25) is 0 Å². The smallest absolute Gasteiger partial charge is 0.259 e. The highest BCUT2D eigenvalue weighted by Crippen LogP contribution is 2.25. The van der Waals surface area contributed by atoms with E-state index in [0.29, 0.717) is 17.1 Å². The number of hydrogen-bond donors (Lipinski definition) is 2. The van der Waals surface area contributed by atoms with E-state index in [1.807, 2.05) is 55.5 Å². The van der Waals surface area contributed by atoms with Crippen LogP contribution < -0.4 is 10.6 Å². The summed E-state index contributed by atoms with van der Waals surface area (Å²) >= 11 is 3.43. The van der Waals surface area contributed by atoms with Gasteiger partial charge in [-0.05, 0) is 58.7 Å². The third-order valence-electron chi connectivity index (χ3n) is 3.57. The summed E-state index contributed by atoms with van der Waals surface area (Å²) in [4.78, 5) is 17.0. The molecule has 1 aromatic heterocycles. The molecule has 120 valence electrons. The van der Waals surface area contributed by atoms with E-state index in [9.17, 15) is 4.79 Å². The number of carbonyl (C=O) groups is 1. The van der Waals surface area contributed by atoms with E-state index in [4.69, 9.17) is 0 Å². The maximum Gasteiger partial charge on any atom is 0.259 e. The third-order valence-corrected chi connectivity index (χ3v) is 4.26. The molecular weight excluding hydrogens is 366 g/mol. The number of benzene rings is 2. The fraction of sp³-hybridized carbons (Fsp3) is 0.0526. The van der Waals surface area contributed by atoms with Crippen molar-refractivity contribution in [2.24, 2.45) is 0 Å². The van der Waals surface area contributed by atoms with Crippen molar-refractivity contribution in [3.63, 3.8) is 0 Å². The summed E-state index contributed by atoms with van der Waals surface area (Å²) in [7, 11) is 0. The first-order valence-electron chi connectivity index (χ1n) is 7.48. The van der Waals surface area contributed by atoms with Gasteiger partial charge in [-0.2, -0.15) is 0 Å². The lowest BCUT2D eigenvalue weighted by molar-refractivity contribution is 0.102. The molecule has 0 fully saturated rings. The van der Waals surface area contributed by atoms with E-state index < -0.39 is 0 Å². The standard InChI is InChI=1S/C19H16BrN3O/c1-13-7-2-4-10-16(13)22-18-14(8-6-12-21-18)19(24)23-17-11-5-3-9-15(17)20/h2-12H,1H3,(H,21,22)(H,23,24). The van der Waals surface area contributed by atoms with E-state index in [-0.39, 0.29) is 5.91 Å². The maximum absolute atomic E-state index is 12.7. The summed E-state index contributed by atoms with van der Waals surface area (Å²) in [6.45, 7) is 2.01. The molecule has 1 heterocycles. The average molecular weight is 382 g/mol. The predicted molar refractivity (Wildman–Crippen MR) is 101 cm³/mol. The number of pyridine rings is 1. The molecule has 3 rings (SSSR count). The second-order valence-electron chi connectivity index (χ2n) is 5.27. The largest absolute Gasteiger partial charge is 0.339 e. The number of nitrogens with one attached hydrogen (secondary N) is 2. The zero-order valence-corrected chi connectivity index (χ0v) is 14.7. The Morgan fingerprint density at radius 2 is 1.67 bits per heavy atom. The number of halogens is 1. The van der Waals surface area contributed by atoms with Crippen LogP contribution in [-0.4, -0.2) is 10.9 Å². The van der Waals surface area contributed by atoms with Crippen molar-refractivity contribution in [2.45, 2.75) is 6.92 Å². The van der Waals surface area contributed by atoms with Gasteiger partial charge in [0.15, 0.2) is 0 Å². The van der Waals surface area contributed by atoms with Crippen LogP contribution in [0, 0.1) is 6.92 Å². The Balaban J connectivity index is 1.88. The Hall–Kier alpha value is -2.66. The number of carbonyl (C=O) groups excluding carboxylic acids is 1. The molecule has 0 aliphatic rings. The van der Waals surface area contributed by atoms with Crippen LogP contribution in [-0.2, 0) is 0 Å². The molecular formula is C19H16BrN3O. The zero-order valence-electron chi connectivity index (χ0n) is 13.1. The van der Waals surface area contributed by atoms with Crippen molar-refractivity contribution >= 4 is 39.0 Å². The molecule has 0 spiro atoms. The molecule has 0 aliphatic carbocycles. The number of hydrogen-bond acceptors (Lipinski definition) is 3. The number of anilines is 3. The van der Waals surface area contributed by atoms with Gasteiger partial charge in [-0.15, -0.1) is 0 Å². The van der Waals surface area contributed by atoms with Crippen LogP contribution in [0.5, 0.6) is 0 Å². The van der Waals surface area contributed by atoms with Crippen molar-refractivity contribution in [2.75, 3.05) is 10.6 Å². The molecule has 2 aromatic carbocycles. The van der Waals surface area contributed by atoms with Gasteiger partial charge in [-0.1, -0.05) is 30.3 Å². The van der Waals surface area contributed by atoms with Crippen LogP contribution in [0.25, 0.3) is 0 Å². The zero-order chi connectivity index (χ0) is 16.9. The van der Waals surface area contributed by atoms with E-state index in [1.165, 1.54) is 0 Å². The number of nitrogens with zero attached hydrogens (tertiary/aromatic N) is 1. The number of aromatic nitrogens is 1. The Labute approximate surface area is 149 Å². The van der Waals surface area contributed by atoms with Gasteiger partial charge in [-0.3, -0.25) is 4.79 Å². The predicted octanol–water partition coefficient (Wildman–Crippen LogP) is 5.15. The first kappa shape index (κ1) is 16.2. The summed E-state index contributed by atoms with van der Waals surface area (Å²) < 4.78 is 0.829. The van der Waals surface area contributed by atoms with Gasteiger partial charge in [0.25, 0.3) is 5.91 Å². The Morgan fingerprint density at radius 3 is 2.42 bits per heavy atom. The highest BCUT2D eigenvalue weighted by Gasteiger charge is 2.14. The lowest BCUT2D eigenvalue weighted by atomic mass is 10.2. The molecule has 1 amide bonds. The highest BCUT2D eigenvalue weighted by molar-refractivity contribution is 9.10. The number of para-hydroxylation sites is 2. The van der Waals surface area contributed by atoms with E-state index >= 15 is 0 Å². The minimum absolute atomic E-state index is 0.217. The minimum atomic E-state index is -0.217. The lowest BCUT2D eigenvalue weighted by Crippen LogP contribution is -2.15. The highest BCUT2D eigenvalue weighted by atomic mass is 79.9. The van der Waals surface area contributed by atoms with Gasteiger partial charge in [0, 0.05) is 16.4 Å². The first-order chi connectivity index (χ1) is 11.6. The molecule has 24 heavy (non-hydrogen) atoms. The molecule has 0 radical (unpaired) electrons. The Morgan fingerprint density at radius 1 is 0.958 bits per heavy atom. The van der Waals surface area contributed by atoms with Gasteiger partial charge in [0.05, 0.1) is 11.3 Å². The first-order valence-corrected chi connectivity index (χ1v) is 8.28. The molecule has 5 heteroatoms. The van der Waals surface area contributed by atoms with Gasteiger partial charge in [0.2, 0.25) is 0 Å². The minimum Gasteiger partial charge on any atom is -0.339 e. The molecule has 2 N–H and O–H groups in total. The summed E-state index contributed by atoms with van der Waals surface area (Å²) in [6.07, 6.45) is 1.66. The molecule has 3 aromatic rings. The van der Waals surface area contributed by atoms with Gasteiger partial charge in [-0.25, -0.2) is 4.98 Å². The van der Waals surface area contributed by atoms with Gasteiger partial charge < -0.3 is 10.6 Å². The van der Waals surface area contributed by atoms with Crippen LogP contribution in [0.15, 0.2) is 71.3 Å². The second-order valence-corrected chi connectivity index (χ2v) is 6.13. The van der Waals surface area contributed by atoms with E-state index in [2.05, 4.69) is 31.5 Å². The summed E-state index contributed by atoms with van der Waals surface area (Å²) in [6, 6.07) is 18.9. The van der Waals surface area contributed by atoms with Crippen molar-refractivity contribution in [1.29, 1.82) is 0 Å². The van der Waals surface area contributed by atoms with Crippen LogP contribution in [0.1, 0.15) is 15.9 Å². The molecule has 0 aliphatic heterocycles. The third kappa shape index (κ3) is 3.63. The molecule has 0 saturated carbocycles. The van der Waals surface area contributed by atoms with Crippen molar-refractivity contribution in [1.82, 2.24) is 4.98 Å². The van der Waals surface area contributed by atoms with E-state index in [0.717, 1.165) is 15.7 Å². The Bertz CT molecular complexity index is 880. The Kier molecular flexibility index (Phi) is 4.91. The summed E-state index contributed by atoms with van der Waals surface area (Å²) in [5.74, 6) is 0.308. The summed E-state index contributed by atoms with van der Waals surface area (Å²) in [5.41, 5.74) is 3.20. The van der Waals surface area contributed by atoms with Crippen LogP contribution >= 0.6 is 15.9 Å². The molecule has 0 saturated heterocycles. The van der Waals surface area contributed by atoms with Crippen molar-refractivity contribution in [3.8, 4) is 0 Å². The molecule has 4 nitrogen and oxygen atoms in total. The number of rotatable bonds is 4. The van der Waals surface area contributed by atoms with Crippen LogP contribution in [0.4, 0.5) is 17.2 Å². The van der Waals surface area contributed by atoms with Crippen molar-refractivity contribution < 1.29 is 4.79 Å². The van der Waals surface area contributed by atoms with E-state index in [1.54, 1.807) is 18.3 Å². The van der Waals surface area contributed by atoms with Gasteiger partial charge in [0.1, 0.15) is 5.82 Å². The second kappa shape index (κ2) is 7.27. The molecule has 0 unspecified atom stereocenters. The van der Waals surface area contributed by atoms with Crippen LogP contribution in [0.3, 0.4) is 0 Å². The fourth-order valence-corrected chi connectivity index (χ4v) is 2.66. The summed E-state index contributed by atoms with van der Waals surface area (Å²) in [5, 5.41) is 6.14. The van der Waals surface area contributed by atoms with Crippen molar-refractivity contribution in [3.05, 3.63) is 82.5 Å². The molecule has 0 bridgehead atoms.